The molecule has 3 rings (SSSR count). The van der Waals surface area contributed by atoms with Crippen LogP contribution in [-0.2, 0) is 9.63 Å². The second-order valence-corrected chi connectivity index (χ2v) is 5.38. The fourth-order valence-electron chi connectivity index (χ4n) is 2.38. The molecular weight excluding hydrogens is 309 g/mol. The molecule has 0 spiro atoms. The van der Waals surface area contributed by atoms with Gasteiger partial charge in [0, 0.05) is 18.8 Å². The molecule has 24 heavy (non-hydrogen) atoms. The molecule has 0 saturated heterocycles. The Hall–Kier alpha value is -2.71. The summed E-state index contributed by atoms with van der Waals surface area (Å²) in [6, 6.07) is 11.6. The Morgan fingerprint density at radius 1 is 1.21 bits per heavy atom. The molecule has 0 aliphatic carbocycles. The van der Waals surface area contributed by atoms with E-state index < -0.39 is 19.1 Å². The van der Waals surface area contributed by atoms with Gasteiger partial charge in [-0.25, -0.2) is 0 Å². The van der Waals surface area contributed by atoms with Gasteiger partial charge in [0.25, 0.3) is 5.91 Å². The summed E-state index contributed by atoms with van der Waals surface area (Å²) in [5.41, 5.74) is 3.61. The number of rotatable bonds is 5. The zero-order chi connectivity index (χ0) is 16.9. The molecule has 122 valence electrons. The van der Waals surface area contributed by atoms with Crippen molar-refractivity contribution in [2.24, 2.45) is 5.16 Å². The van der Waals surface area contributed by atoms with Crippen LogP contribution in [0, 0.1) is 0 Å². The molecule has 0 saturated carbocycles. The minimum absolute atomic E-state index is 0.242. The third-order valence-corrected chi connectivity index (χ3v) is 3.63. The van der Waals surface area contributed by atoms with Gasteiger partial charge in [-0.3, -0.25) is 9.78 Å². The van der Waals surface area contributed by atoms with Crippen LogP contribution in [0.1, 0.15) is 12.0 Å². The molecule has 1 unspecified atom stereocenters. The minimum atomic E-state index is -1.59. The largest absolute Gasteiger partial charge is 0.472 e. The highest BCUT2D eigenvalue weighted by Crippen LogP contribution is 2.21. The lowest BCUT2D eigenvalue weighted by Gasteiger charge is -2.08. The van der Waals surface area contributed by atoms with Gasteiger partial charge in [0.1, 0.15) is 0 Å². The summed E-state index contributed by atoms with van der Waals surface area (Å²) >= 11 is 0. The first-order valence-corrected chi connectivity index (χ1v) is 7.51. The summed E-state index contributed by atoms with van der Waals surface area (Å²) in [4.78, 5) is 21.1. The maximum absolute atomic E-state index is 11.8. The van der Waals surface area contributed by atoms with Crippen molar-refractivity contribution in [2.75, 3.05) is 6.44 Å². The van der Waals surface area contributed by atoms with Crippen LogP contribution in [0.3, 0.4) is 0 Å². The number of aromatic nitrogens is 1. The summed E-state index contributed by atoms with van der Waals surface area (Å²) < 4.78 is 0. The van der Waals surface area contributed by atoms with Crippen LogP contribution < -0.4 is 5.32 Å². The molecule has 3 N–H and O–H groups in total. The number of hydrogen-bond donors (Lipinski definition) is 3. The van der Waals surface area contributed by atoms with Crippen molar-refractivity contribution in [1.82, 2.24) is 10.3 Å². The van der Waals surface area contributed by atoms with E-state index in [1.165, 1.54) is 0 Å². The number of oxime groups is 1. The average Bonchev–Trinajstić information content (AvgIpc) is 3.11. The lowest BCUT2D eigenvalue weighted by Crippen LogP contribution is -2.41. The van der Waals surface area contributed by atoms with Crippen molar-refractivity contribution < 1.29 is 19.7 Å². The monoisotopic (exact) mass is 325 g/mol. The predicted octanol–water partition coefficient (Wildman–Crippen LogP) is 0.370. The van der Waals surface area contributed by atoms with Gasteiger partial charge in [-0.05, 0) is 22.8 Å². The second-order valence-electron chi connectivity index (χ2n) is 5.38. The normalized spacial score (nSPS) is 16.2. The Morgan fingerprint density at radius 3 is 2.62 bits per heavy atom. The van der Waals surface area contributed by atoms with Crippen LogP contribution in [0.2, 0.25) is 0 Å². The summed E-state index contributed by atoms with van der Waals surface area (Å²) in [7, 11) is -1.59. The number of nitrogens with zero attached hydrogens (tertiary/aromatic N) is 2. The third kappa shape index (κ3) is 3.79. The lowest BCUT2D eigenvalue weighted by atomic mass is 9.92. The molecule has 1 aromatic heterocycles. The van der Waals surface area contributed by atoms with E-state index in [0.29, 0.717) is 12.1 Å². The summed E-state index contributed by atoms with van der Waals surface area (Å²) in [5.74, 6) is -0.422. The number of nitrogens with one attached hydrogen (secondary N) is 1. The topological polar surface area (TPSA) is 104 Å². The Bertz CT molecular complexity index is 735. The van der Waals surface area contributed by atoms with E-state index in [1.807, 2.05) is 36.4 Å². The number of carbonyl (C=O) groups excluding carboxylic acids is 1. The number of hydrogen-bond acceptors (Lipinski definition) is 6. The lowest BCUT2D eigenvalue weighted by molar-refractivity contribution is -0.130. The molecule has 1 aromatic carbocycles. The Labute approximate surface area is 139 Å². The molecular formula is C16H16BN3O4. The minimum Gasteiger partial charge on any atom is -0.426 e. The highest BCUT2D eigenvalue weighted by atomic mass is 16.6. The van der Waals surface area contributed by atoms with E-state index >= 15 is 0 Å². The van der Waals surface area contributed by atoms with Crippen molar-refractivity contribution in [2.45, 2.75) is 12.5 Å². The van der Waals surface area contributed by atoms with E-state index in [4.69, 9.17) is 14.9 Å². The Kier molecular flexibility index (Phi) is 4.88. The summed E-state index contributed by atoms with van der Waals surface area (Å²) in [6.45, 7) is 0. The van der Waals surface area contributed by atoms with Crippen LogP contribution >= 0.6 is 0 Å². The van der Waals surface area contributed by atoms with Gasteiger partial charge in [-0.1, -0.05) is 35.5 Å². The summed E-state index contributed by atoms with van der Waals surface area (Å²) in [5, 5.41) is 23.9. The van der Waals surface area contributed by atoms with Crippen molar-refractivity contribution in [3.8, 4) is 11.1 Å². The quantitative estimate of drug-likeness (QED) is 0.689. The Balaban J connectivity index is 1.63. The van der Waals surface area contributed by atoms with Crippen LogP contribution in [0.5, 0.6) is 0 Å². The van der Waals surface area contributed by atoms with E-state index in [9.17, 15) is 4.79 Å². The SMILES string of the molecule is O=C(NCB(O)O)C1CC(c2ccc(-c3cccnc3)cc2)=NO1. The van der Waals surface area contributed by atoms with Gasteiger partial charge in [0.05, 0.1) is 12.2 Å². The molecule has 1 aliphatic rings. The molecule has 1 aliphatic heterocycles. The molecule has 1 amide bonds. The van der Waals surface area contributed by atoms with E-state index in [1.54, 1.807) is 12.4 Å². The van der Waals surface area contributed by atoms with Crippen molar-refractivity contribution in [3.63, 3.8) is 0 Å². The number of amides is 1. The van der Waals surface area contributed by atoms with Gasteiger partial charge in [-0.15, -0.1) is 0 Å². The van der Waals surface area contributed by atoms with Gasteiger partial charge in [0.2, 0.25) is 6.10 Å². The smallest absolute Gasteiger partial charge is 0.426 e. The highest BCUT2D eigenvalue weighted by molar-refractivity contribution is 6.41. The number of carbonyl (C=O) groups is 1. The van der Waals surface area contributed by atoms with Crippen molar-refractivity contribution >= 4 is 18.7 Å². The first-order valence-electron chi connectivity index (χ1n) is 7.51. The molecule has 2 heterocycles. The van der Waals surface area contributed by atoms with Gasteiger partial charge in [0.15, 0.2) is 0 Å². The maximum Gasteiger partial charge on any atom is 0.472 e. The zero-order valence-corrected chi connectivity index (χ0v) is 12.8. The van der Waals surface area contributed by atoms with E-state index in [-0.39, 0.29) is 6.44 Å². The maximum atomic E-state index is 11.8. The van der Waals surface area contributed by atoms with Gasteiger partial charge < -0.3 is 20.2 Å². The van der Waals surface area contributed by atoms with Crippen molar-refractivity contribution in [1.29, 1.82) is 0 Å². The molecule has 2 aromatic rings. The fraction of sp³-hybridized carbons (Fsp3) is 0.188. The average molecular weight is 325 g/mol. The van der Waals surface area contributed by atoms with Crippen molar-refractivity contribution in [3.05, 3.63) is 54.4 Å². The number of benzene rings is 1. The second kappa shape index (κ2) is 7.24. The van der Waals surface area contributed by atoms with Gasteiger partial charge in [-0.2, -0.15) is 0 Å². The molecule has 8 heteroatoms. The standard InChI is InChI=1S/C16H16BN3O4/c21-16(19-10-17(22)23)15-8-14(20-24-15)12-5-3-11(4-6-12)13-2-1-7-18-9-13/h1-7,9,15,22-23H,8,10H2,(H,19,21). The predicted molar refractivity (Wildman–Crippen MR) is 88.9 cm³/mol. The zero-order valence-electron chi connectivity index (χ0n) is 12.8. The van der Waals surface area contributed by atoms with Crippen LogP contribution in [0.15, 0.2) is 53.9 Å². The van der Waals surface area contributed by atoms with E-state index in [0.717, 1.165) is 16.7 Å². The summed E-state index contributed by atoms with van der Waals surface area (Å²) in [6.07, 6.45) is 2.86. The van der Waals surface area contributed by atoms with Gasteiger partial charge >= 0.3 is 7.12 Å². The molecule has 0 bridgehead atoms. The first-order chi connectivity index (χ1) is 11.6. The first kappa shape index (κ1) is 16.2. The molecule has 1 atom stereocenters. The van der Waals surface area contributed by atoms with Crippen LogP contribution in [0.4, 0.5) is 0 Å². The van der Waals surface area contributed by atoms with Crippen LogP contribution in [-0.4, -0.2) is 46.3 Å². The van der Waals surface area contributed by atoms with Crippen LogP contribution in [0.25, 0.3) is 11.1 Å². The fourth-order valence-corrected chi connectivity index (χ4v) is 2.38. The molecule has 0 radical (unpaired) electrons. The number of pyridine rings is 1. The third-order valence-electron chi connectivity index (χ3n) is 3.63. The Morgan fingerprint density at radius 2 is 1.96 bits per heavy atom. The molecule has 0 fully saturated rings. The molecule has 7 nitrogen and oxygen atoms in total. The van der Waals surface area contributed by atoms with E-state index in [2.05, 4.69) is 15.5 Å². The highest BCUT2D eigenvalue weighted by Gasteiger charge is 2.29.